The van der Waals surface area contributed by atoms with Gasteiger partial charge < -0.3 is 15.0 Å². The molecule has 0 spiro atoms. The predicted molar refractivity (Wildman–Crippen MR) is 100 cm³/mol. The fraction of sp³-hybridized carbons (Fsp3) is 0.105. The van der Waals surface area contributed by atoms with Gasteiger partial charge in [0.15, 0.2) is 0 Å². The zero-order valence-electron chi connectivity index (χ0n) is 13.7. The summed E-state index contributed by atoms with van der Waals surface area (Å²) in [7, 11) is 0. The molecular weight excluding hydrogens is 398 g/mol. The molecule has 6 nitrogen and oxygen atoms in total. The van der Waals surface area contributed by atoms with Crippen LogP contribution in [0.5, 0.6) is 0 Å². The third-order valence-electron chi connectivity index (χ3n) is 3.83. The number of hydrogen-bond acceptors (Lipinski definition) is 3. The summed E-state index contributed by atoms with van der Waals surface area (Å²) in [5.74, 6) is -0.725. The minimum Gasteiger partial charge on any atom is -0.481 e. The van der Waals surface area contributed by atoms with Crippen molar-refractivity contribution >= 4 is 27.8 Å². The van der Waals surface area contributed by atoms with E-state index in [1.165, 1.54) is 0 Å². The zero-order chi connectivity index (χ0) is 18.5. The molecule has 1 atom stereocenters. The highest BCUT2D eigenvalue weighted by molar-refractivity contribution is 9.10. The monoisotopic (exact) mass is 413 g/mol. The van der Waals surface area contributed by atoms with E-state index < -0.39 is 12.0 Å². The van der Waals surface area contributed by atoms with Crippen LogP contribution in [-0.2, 0) is 4.79 Å². The van der Waals surface area contributed by atoms with E-state index in [4.69, 9.17) is 0 Å². The van der Waals surface area contributed by atoms with Gasteiger partial charge in [-0.2, -0.15) is 0 Å². The molecule has 0 bridgehead atoms. The number of nitrogens with one attached hydrogen (secondary N) is 1. The van der Waals surface area contributed by atoms with Gasteiger partial charge in [0.05, 0.1) is 12.5 Å². The van der Waals surface area contributed by atoms with Gasteiger partial charge in [-0.05, 0) is 42.0 Å². The maximum atomic E-state index is 12.6. The fourth-order valence-corrected chi connectivity index (χ4v) is 2.82. The van der Waals surface area contributed by atoms with E-state index in [-0.39, 0.29) is 12.3 Å². The summed E-state index contributed by atoms with van der Waals surface area (Å²) in [6.45, 7) is 0. The molecule has 0 saturated carbocycles. The van der Waals surface area contributed by atoms with Gasteiger partial charge in [-0.3, -0.25) is 9.59 Å². The number of carboxylic acid groups (broad SMARTS) is 1. The highest BCUT2D eigenvalue weighted by Gasteiger charge is 2.19. The highest BCUT2D eigenvalue weighted by Crippen LogP contribution is 2.20. The number of aromatic nitrogens is 2. The molecule has 2 heterocycles. The van der Waals surface area contributed by atoms with Crippen LogP contribution >= 0.6 is 15.9 Å². The minimum absolute atomic E-state index is 0.205. The molecule has 1 amide bonds. The highest BCUT2D eigenvalue weighted by atomic mass is 79.9. The van der Waals surface area contributed by atoms with Crippen LogP contribution in [0.1, 0.15) is 28.4 Å². The quantitative estimate of drug-likeness (QED) is 0.646. The van der Waals surface area contributed by atoms with E-state index in [0.717, 1.165) is 10.0 Å². The summed E-state index contributed by atoms with van der Waals surface area (Å²) >= 11 is 3.35. The van der Waals surface area contributed by atoms with Crippen molar-refractivity contribution < 1.29 is 14.7 Å². The molecule has 3 aromatic rings. The molecule has 7 heteroatoms. The molecule has 3 rings (SSSR count). The number of carbonyl (C=O) groups is 2. The van der Waals surface area contributed by atoms with Gasteiger partial charge in [-0.15, -0.1) is 0 Å². The SMILES string of the molecule is O=C(O)C[C@@H](NC(=O)c1ccnc(-n2cccc2)c1)c1ccc(Br)cc1. The van der Waals surface area contributed by atoms with Crippen LogP contribution in [-0.4, -0.2) is 26.5 Å². The van der Waals surface area contributed by atoms with Crippen molar-refractivity contribution in [3.63, 3.8) is 0 Å². The van der Waals surface area contributed by atoms with Crippen LogP contribution in [0.4, 0.5) is 0 Å². The van der Waals surface area contributed by atoms with Crippen molar-refractivity contribution in [1.82, 2.24) is 14.9 Å². The topological polar surface area (TPSA) is 84.2 Å². The maximum absolute atomic E-state index is 12.6. The first-order valence-electron chi connectivity index (χ1n) is 7.90. The molecule has 26 heavy (non-hydrogen) atoms. The summed E-state index contributed by atoms with van der Waals surface area (Å²) in [6, 6.07) is 13.6. The standard InChI is InChI=1S/C19H16BrN3O3/c20-15-5-3-13(4-6-15)16(12-18(24)25)22-19(26)14-7-8-21-17(11-14)23-9-1-2-10-23/h1-11,16H,12H2,(H,22,26)(H,24,25)/t16-/m1/s1. The van der Waals surface area contributed by atoms with Crippen molar-refractivity contribution in [2.75, 3.05) is 0 Å². The van der Waals surface area contributed by atoms with Crippen LogP contribution in [0.2, 0.25) is 0 Å². The molecule has 0 saturated heterocycles. The van der Waals surface area contributed by atoms with E-state index >= 15 is 0 Å². The number of carbonyl (C=O) groups excluding carboxylic acids is 1. The van der Waals surface area contributed by atoms with Crippen molar-refractivity contribution in [3.8, 4) is 5.82 Å². The molecule has 0 radical (unpaired) electrons. The Morgan fingerprint density at radius 1 is 1.15 bits per heavy atom. The Kier molecular flexibility index (Phi) is 5.48. The Bertz CT molecular complexity index is 908. The summed E-state index contributed by atoms with van der Waals surface area (Å²) in [6.07, 6.45) is 5.01. The number of halogens is 1. The number of nitrogens with zero attached hydrogens (tertiary/aromatic N) is 2. The molecular formula is C19H16BrN3O3. The smallest absolute Gasteiger partial charge is 0.305 e. The first kappa shape index (κ1) is 17.9. The molecule has 132 valence electrons. The number of pyridine rings is 1. The van der Waals surface area contributed by atoms with Crippen molar-refractivity contribution in [1.29, 1.82) is 0 Å². The number of hydrogen-bond donors (Lipinski definition) is 2. The lowest BCUT2D eigenvalue weighted by Gasteiger charge is -2.18. The molecule has 2 N–H and O–H groups in total. The van der Waals surface area contributed by atoms with E-state index in [1.54, 1.807) is 35.0 Å². The Balaban J connectivity index is 1.82. The van der Waals surface area contributed by atoms with Gasteiger partial charge in [0.1, 0.15) is 5.82 Å². The van der Waals surface area contributed by atoms with Crippen LogP contribution in [0, 0.1) is 0 Å². The van der Waals surface area contributed by atoms with Crippen molar-refractivity contribution in [3.05, 3.63) is 82.7 Å². The number of carboxylic acids is 1. The van der Waals surface area contributed by atoms with E-state index in [9.17, 15) is 14.7 Å². The van der Waals surface area contributed by atoms with Gasteiger partial charge >= 0.3 is 5.97 Å². The van der Waals surface area contributed by atoms with Crippen molar-refractivity contribution in [2.45, 2.75) is 12.5 Å². The van der Waals surface area contributed by atoms with Crippen LogP contribution in [0.15, 0.2) is 71.6 Å². The summed E-state index contributed by atoms with van der Waals surface area (Å²) in [4.78, 5) is 28.1. The molecule has 0 unspecified atom stereocenters. The summed E-state index contributed by atoms with van der Waals surface area (Å²) < 4.78 is 2.67. The molecule has 0 aliphatic carbocycles. The average Bonchev–Trinajstić information content (AvgIpc) is 3.16. The van der Waals surface area contributed by atoms with Crippen molar-refractivity contribution in [2.24, 2.45) is 0 Å². The third kappa shape index (κ3) is 4.37. The third-order valence-corrected chi connectivity index (χ3v) is 4.36. The lowest BCUT2D eigenvalue weighted by molar-refractivity contribution is -0.137. The Morgan fingerprint density at radius 2 is 1.85 bits per heavy atom. The first-order valence-corrected chi connectivity index (χ1v) is 8.70. The van der Waals surface area contributed by atoms with Crippen LogP contribution in [0.3, 0.4) is 0 Å². The number of aliphatic carboxylic acids is 1. The summed E-state index contributed by atoms with van der Waals surface area (Å²) in [5, 5.41) is 12.0. The van der Waals surface area contributed by atoms with Gasteiger partial charge in [0, 0.05) is 28.6 Å². The number of amides is 1. The molecule has 0 fully saturated rings. The van der Waals surface area contributed by atoms with Gasteiger partial charge in [0.2, 0.25) is 0 Å². The Labute approximate surface area is 158 Å². The number of rotatable bonds is 6. The maximum Gasteiger partial charge on any atom is 0.305 e. The molecule has 0 aliphatic rings. The molecule has 2 aromatic heterocycles. The van der Waals surface area contributed by atoms with Gasteiger partial charge in [-0.1, -0.05) is 28.1 Å². The minimum atomic E-state index is -0.985. The van der Waals surface area contributed by atoms with E-state index in [2.05, 4.69) is 26.2 Å². The second kappa shape index (κ2) is 7.97. The lowest BCUT2D eigenvalue weighted by atomic mass is 10.0. The number of benzene rings is 1. The Morgan fingerprint density at radius 3 is 2.50 bits per heavy atom. The van der Waals surface area contributed by atoms with Gasteiger partial charge in [0.25, 0.3) is 5.91 Å². The normalized spacial score (nSPS) is 11.7. The largest absolute Gasteiger partial charge is 0.481 e. The van der Waals surface area contributed by atoms with Crippen LogP contribution < -0.4 is 5.32 Å². The zero-order valence-corrected chi connectivity index (χ0v) is 15.3. The second-order valence-corrected chi connectivity index (χ2v) is 6.58. The first-order chi connectivity index (χ1) is 12.5. The Hall–Kier alpha value is -2.93. The average molecular weight is 414 g/mol. The molecule has 1 aromatic carbocycles. The summed E-state index contributed by atoms with van der Waals surface area (Å²) in [5.41, 5.74) is 1.14. The lowest BCUT2D eigenvalue weighted by Crippen LogP contribution is -2.30. The van der Waals surface area contributed by atoms with Gasteiger partial charge in [-0.25, -0.2) is 4.98 Å². The predicted octanol–water partition coefficient (Wildman–Crippen LogP) is 3.58. The van der Waals surface area contributed by atoms with E-state index in [0.29, 0.717) is 11.4 Å². The van der Waals surface area contributed by atoms with Crippen LogP contribution in [0.25, 0.3) is 5.82 Å². The molecule has 0 aliphatic heterocycles. The fourth-order valence-electron chi connectivity index (χ4n) is 2.55. The second-order valence-electron chi connectivity index (χ2n) is 5.67. The van der Waals surface area contributed by atoms with E-state index in [1.807, 2.05) is 36.7 Å².